The van der Waals surface area contributed by atoms with Crippen molar-refractivity contribution in [2.75, 3.05) is 13.2 Å². The third kappa shape index (κ3) is 3.74. The molecule has 4 heterocycles. The summed E-state index contributed by atoms with van der Waals surface area (Å²) < 4.78 is 11.7. The van der Waals surface area contributed by atoms with Crippen molar-refractivity contribution in [2.45, 2.75) is 56.3 Å². The second-order valence-electron chi connectivity index (χ2n) is 11.6. The Bertz CT molecular complexity index is 1240. The Labute approximate surface area is 223 Å². The Hall–Kier alpha value is -3.00. The van der Waals surface area contributed by atoms with Gasteiger partial charge in [0.1, 0.15) is 0 Å². The molecule has 7 nitrogen and oxygen atoms in total. The molecule has 3 unspecified atom stereocenters. The van der Waals surface area contributed by atoms with Gasteiger partial charge in [-0.1, -0.05) is 72.8 Å². The van der Waals surface area contributed by atoms with Gasteiger partial charge in [-0.05, 0) is 37.5 Å². The van der Waals surface area contributed by atoms with Gasteiger partial charge in [0.05, 0.1) is 31.4 Å². The summed E-state index contributed by atoms with van der Waals surface area (Å²) in [7, 11) is 0. The van der Waals surface area contributed by atoms with Crippen molar-refractivity contribution >= 4 is 11.8 Å². The van der Waals surface area contributed by atoms with Crippen molar-refractivity contribution in [3.8, 4) is 0 Å². The summed E-state index contributed by atoms with van der Waals surface area (Å²) in [5.74, 6) is 1.30. The van der Waals surface area contributed by atoms with E-state index in [9.17, 15) is 14.7 Å². The third-order valence-electron chi connectivity index (χ3n) is 9.51. The average molecular weight is 515 g/mol. The fourth-order valence-electron chi connectivity index (χ4n) is 7.85. The quantitative estimate of drug-likeness (QED) is 0.617. The highest BCUT2D eigenvalue weighted by molar-refractivity contribution is 5.84. The summed E-state index contributed by atoms with van der Waals surface area (Å²) in [6.07, 6.45) is 2.50. The van der Waals surface area contributed by atoms with Gasteiger partial charge < -0.3 is 24.4 Å². The number of allylic oxidation sites excluding steroid dienone is 1. The second-order valence-corrected chi connectivity index (χ2v) is 11.6. The Morgan fingerprint density at radius 2 is 1.24 bits per heavy atom. The number of hydrogen-bond acceptors (Lipinski definition) is 5. The number of aliphatic hydroxyl groups is 1. The number of hydrogen-bond donors (Lipinski definition) is 1. The molecule has 1 N–H and O–H groups in total. The Balaban J connectivity index is 0.000000127. The molecule has 4 saturated heterocycles. The molecule has 0 radical (unpaired) electrons. The summed E-state index contributed by atoms with van der Waals surface area (Å²) in [6, 6.07) is 20.4. The first-order valence-electron chi connectivity index (χ1n) is 13.8. The van der Waals surface area contributed by atoms with E-state index < -0.39 is 0 Å². The molecule has 2 aromatic rings. The lowest BCUT2D eigenvalue weighted by atomic mass is 9.94. The largest absolute Gasteiger partial charge is 0.393 e. The maximum absolute atomic E-state index is 12.6. The number of carbonyl (C=O) groups excluding carboxylic acids is 2. The SMILES string of the molecule is C=C1CC2C(=O)N3[C@H](CO[C@H]3c3ccccc3)[C@H]2C1.O=C1C2CC(O)C[C@@H]2[C@H]2CO[C@@H](c3ccccc3)N12. The molecule has 0 bridgehead atoms. The number of rotatable bonds is 2. The number of fused-ring (bicyclic) bond motifs is 6. The molecule has 198 valence electrons. The molecule has 6 fully saturated rings. The molecule has 4 aliphatic heterocycles. The number of nitrogens with zero attached hydrogens (tertiary/aromatic N) is 2. The standard InChI is InChI=1S/C16H17NO2.C15H17NO3/c1-10-7-12-13(8-10)15(18)17-14(12)9-19-16(17)11-5-3-2-4-6-11;17-10-6-11-12(7-10)14(18)16-13(11)8-19-15(16)9-4-2-1-3-5-9/h2-6,12-14,16H,1,7-9H2;1-5,10-13,15,17H,6-8H2/t12-,13?,14+,16-;10?,11-,12?,13+,15-/m00/s1. The summed E-state index contributed by atoms with van der Waals surface area (Å²) in [5.41, 5.74) is 3.35. The van der Waals surface area contributed by atoms with Crippen LogP contribution < -0.4 is 0 Å². The van der Waals surface area contributed by atoms with E-state index in [0.29, 0.717) is 25.6 Å². The molecule has 2 saturated carbocycles. The molecular weight excluding hydrogens is 480 g/mol. The molecule has 2 amide bonds. The minimum atomic E-state index is -0.308. The zero-order valence-corrected chi connectivity index (χ0v) is 21.4. The molecule has 9 atom stereocenters. The molecule has 8 rings (SSSR count). The van der Waals surface area contributed by atoms with Gasteiger partial charge in [0, 0.05) is 23.0 Å². The van der Waals surface area contributed by atoms with Crippen molar-refractivity contribution in [2.24, 2.45) is 23.7 Å². The van der Waals surface area contributed by atoms with Gasteiger partial charge in [0.15, 0.2) is 12.5 Å². The van der Waals surface area contributed by atoms with Crippen LogP contribution >= 0.6 is 0 Å². The Morgan fingerprint density at radius 3 is 1.82 bits per heavy atom. The van der Waals surface area contributed by atoms with Crippen LogP contribution in [0.4, 0.5) is 0 Å². The van der Waals surface area contributed by atoms with Gasteiger partial charge in [0.2, 0.25) is 11.8 Å². The lowest BCUT2D eigenvalue weighted by Gasteiger charge is -2.24. The van der Waals surface area contributed by atoms with Gasteiger partial charge in [-0.3, -0.25) is 9.59 Å². The smallest absolute Gasteiger partial charge is 0.229 e. The van der Waals surface area contributed by atoms with E-state index in [2.05, 4.69) is 6.58 Å². The lowest BCUT2D eigenvalue weighted by Crippen LogP contribution is -2.34. The zero-order chi connectivity index (χ0) is 26.0. The van der Waals surface area contributed by atoms with Crippen LogP contribution in [0.5, 0.6) is 0 Å². The van der Waals surface area contributed by atoms with Crippen molar-refractivity contribution in [1.82, 2.24) is 9.80 Å². The molecule has 0 aromatic heterocycles. The van der Waals surface area contributed by atoms with E-state index >= 15 is 0 Å². The van der Waals surface area contributed by atoms with Crippen LogP contribution in [0.1, 0.15) is 49.3 Å². The lowest BCUT2D eigenvalue weighted by molar-refractivity contribution is -0.138. The second kappa shape index (κ2) is 9.33. The van der Waals surface area contributed by atoms with E-state index in [1.165, 1.54) is 5.57 Å². The summed E-state index contributed by atoms with van der Waals surface area (Å²) >= 11 is 0. The van der Waals surface area contributed by atoms with Crippen LogP contribution in [-0.2, 0) is 19.1 Å². The van der Waals surface area contributed by atoms with E-state index in [4.69, 9.17) is 9.47 Å². The first kappa shape index (κ1) is 24.1. The van der Waals surface area contributed by atoms with Crippen LogP contribution in [0.15, 0.2) is 72.8 Å². The molecular formula is C31H34N2O5. The van der Waals surface area contributed by atoms with Crippen molar-refractivity contribution in [3.63, 3.8) is 0 Å². The first-order valence-corrected chi connectivity index (χ1v) is 13.8. The minimum Gasteiger partial charge on any atom is -0.393 e. The average Bonchev–Trinajstić information content (AvgIpc) is 3.76. The summed E-state index contributed by atoms with van der Waals surface area (Å²) in [5, 5.41) is 9.74. The predicted octanol–water partition coefficient (Wildman–Crippen LogP) is 3.82. The molecule has 7 heteroatoms. The highest BCUT2D eigenvalue weighted by Gasteiger charge is 2.58. The van der Waals surface area contributed by atoms with Crippen LogP contribution in [-0.4, -0.2) is 58.1 Å². The highest BCUT2D eigenvalue weighted by atomic mass is 16.5. The molecule has 2 aromatic carbocycles. The van der Waals surface area contributed by atoms with Gasteiger partial charge in [-0.2, -0.15) is 0 Å². The molecule has 38 heavy (non-hydrogen) atoms. The summed E-state index contributed by atoms with van der Waals surface area (Å²) in [4.78, 5) is 29.0. The van der Waals surface area contributed by atoms with Crippen molar-refractivity contribution in [1.29, 1.82) is 0 Å². The normalized spacial score (nSPS) is 38.7. The molecule has 2 aliphatic carbocycles. The number of ether oxygens (including phenoxy) is 2. The van der Waals surface area contributed by atoms with Crippen LogP contribution in [0, 0.1) is 23.7 Å². The fourth-order valence-corrected chi connectivity index (χ4v) is 7.85. The monoisotopic (exact) mass is 514 g/mol. The maximum Gasteiger partial charge on any atom is 0.229 e. The Morgan fingerprint density at radius 1 is 0.711 bits per heavy atom. The summed E-state index contributed by atoms with van der Waals surface area (Å²) in [6.45, 7) is 5.31. The van der Waals surface area contributed by atoms with Crippen molar-refractivity contribution < 1.29 is 24.2 Å². The molecule has 6 aliphatic rings. The highest BCUT2D eigenvalue weighted by Crippen LogP contribution is 2.51. The third-order valence-corrected chi connectivity index (χ3v) is 9.51. The van der Waals surface area contributed by atoms with Gasteiger partial charge in [-0.15, -0.1) is 0 Å². The molecule has 0 spiro atoms. The van der Waals surface area contributed by atoms with E-state index in [1.54, 1.807) is 0 Å². The zero-order valence-electron chi connectivity index (χ0n) is 21.4. The minimum absolute atomic E-state index is 0.00936. The van der Waals surface area contributed by atoms with E-state index in [1.807, 2.05) is 70.5 Å². The number of aliphatic hydroxyl groups excluding tert-OH is 1. The van der Waals surface area contributed by atoms with Crippen molar-refractivity contribution in [3.05, 3.63) is 83.9 Å². The van der Waals surface area contributed by atoms with Gasteiger partial charge in [-0.25, -0.2) is 0 Å². The first-order chi connectivity index (χ1) is 18.5. The number of amides is 2. The van der Waals surface area contributed by atoms with E-state index in [0.717, 1.165) is 30.4 Å². The topological polar surface area (TPSA) is 79.3 Å². The predicted molar refractivity (Wildman–Crippen MR) is 139 cm³/mol. The van der Waals surface area contributed by atoms with Crippen LogP contribution in [0.2, 0.25) is 0 Å². The maximum atomic E-state index is 12.6. The van der Waals surface area contributed by atoms with Gasteiger partial charge >= 0.3 is 0 Å². The van der Waals surface area contributed by atoms with Crippen LogP contribution in [0.3, 0.4) is 0 Å². The Kier molecular flexibility index (Phi) is 5.91. The van der Waals surface area contributed by atoms with Crippen LogP contribution in [0.25, 0.3) is 0 Å². The fraction of sp³-hybridized carbons (Fsp3) is 0.484. The van der Waals surface area contributed by atoms with Gasteiger partial charge in [0.25, 0.3) is 0 Å². The van der Waals surface area contributed by atoms with E-state index in [-0.39, 0.29) is 60.2 Å². The number of benzene rings is 2. The number of carbonyl (C=O) groups is 2.